The molecule has 8 atom stereocenters. The van der Waals surface area contributed by atoms with Crippen molar-refractivity contribution in [2.75, 3.05) is 25.6 Å². The van der Waals surface area contributed by atoms with Gasteiger partial charge in [0.1, 0.15) is 30.7 Å². The van der Waals surface area contributed by atoms with Crippen LogP contribution in [0.25, 0.3) is 0 Å². The van der Waals surface area contributed by atoms with E-state index >= 15 is 0 Å². The van der Waals surface area contributed by atoms with Crippen molar-refractivity contribution in [2.45, 2.75) is 185 Å². The van der Waals surface area contributed by atoms with Crippen LogP contribution in [0.1, 0.15) is 155 Å². The van der Waals surface area contributed by atoms with E-state index in [1.807, 2.05) is 36.5 Å². The molecule has 2 heterocycles. The first-order valence-corrected chi connectivity index (χ1v) is 28.0. The van der Waals surface area contributed by atoms with Crippen LogP contribution < -0.4 is 11.4 Å². The summed E-state index contributed by atoms with van der Waals surface area (Å²) in [6.45, 7) is 1.88. The smallest absolute Gasteiger partial charge is 0.462 e. The number of phosphoric acid groups is 2. The molecule has 1 fully saturated rings. The second kappa shape index (κ2) is 37.8. The molecule has 402 valence electrons. The minimum Gasteiger partial charge on any atom is -0.462 e. The molecule has 21 heteroatoms. The maximum atomic E-state index is 12.8. The number of nitrogens with zero attached hydrogens (tertiary/aromatic N) is 2. The van der Waals surface area contributed by atoms with Crippen LogP contribution in [0.15, 0.2) is 90.0 Å². The molecular weight excluding hydrogens is 961 g/mol. The van der Waals surface area contributed by atoms with E-state index in [2.05, 4.69) is 47.4 Å². The van der Waals surface area contributed by atoms with Gasteiger partial charge in [-0.2, -0.15) is 9.29 Å². The van der Waals surface area contributed by atoms with Crippen LogP contribution in [0.4, 0.5) is 5.82 Å². The second-order valence-corrected chi connectivity index (χ2v) is 20.2. The zero-order valence-electron chi connectivity index (χ0n) is 41.6. The van der Waals surface area contributed by atoms with Gasteiger partial charge in [0.2, 0.25) is 0 Å². The molecule has 0 radical (unpaired) electrons. The van der Waals surface area contributed by atoms with E-state index in [-0.39, 0.29) is 18.7 Å². The Morgan fingerprint density at radius 1 is 0.761 bits per heavy atom. The molecule has 0 amide bonds. The fourth-order valence-corrected chi connectivity index (χ4v) is 9.07. The highest BCUT2D eigenvalue weighted by Crippen LogP contribution is 2.60. The van der Waals surface area contributed by atoms with Gasteiger partial charge in [-0.1, -0.05) is 138 Å². The van der Waals surface area contributed by atoms with Gasteiger partial charge in [0.05, 0.1) is 19.3 Å². The third kappa shape index (κ3) is 30.7. The quantitative estimate of drug-likeness (QED) is 0.0117. The van der Waals surface area contributed by atoms with Crippen molar-refractivity contribution in [1.82, 2.24) is 9.55 Å². The van der Waals surface area contributed by atoms with E-state index in [1.54, 1.807) is 12.2 Å². The Morgan fingerprint density at radius 3 is 2.07 bits per heavy atom. The summed E-state index contributed by atoms with van der Waals surface area (Å²) in [5.41, 5.74) is 4.57. The highest BCUT2D eigenvalue weighted by molar-refractivity contribution is 7.61. The Hall–Kier alpha value is -3.84. The molecule has 0 bridgehead atoms. The van der Waals surface area contributed by atoms with Crippen LogP contribution in [-0.2, 0) is 46.3 Å². The number of aliphatic hydroxyl groups is 3. The largest absolute Gasteiger partial charge is 0.481 e. The maximum Gasteiger partial charge on any atom is 0.481 e. The Bertz CT molecular complexity index is 1990. The average Bonchev–Trinajstić information content (AvgIpc) is 3.60. The highest BCUT2D eigenvalue weighted by atomic mass is 31.3. The number of aromatic nitrogens is 2. The SMILES string of the molecule is CC/C=C\C/C=C\CC(O)/C=C/C=C\C/C=C\CCCC(=O)O[C@H](COC(=O)CCCCCCC/C=C\CCCCCCCC)COP(=O)(O)OP(=O)(O)OC[C@H]1O[C@@H](n2ccc(N)nc2=O)[C@H](O)[C@@H]1O. The molecule has 71 heavy (non-hydrogen) atoms. The summed E-state index contributed by atoms with van der Waals surface area (Å²) in [6, 6.07) is 1.24. The molecule has 1 aliphatic rings. The van der Waals surface area contributed by atoms with E-state index in [0.717, 1.165) is 62.1 Å². The first-order valence-electron chi connectivity index (χ1n) is 25.1. The lowest BCUT2D eigenvalue weighted by atomic mass is 10.1. The van der Waals surface area contributed by atoms with Crippen molar-refractivity contribution in [3.05, 3.63) is 95.7 Å². The molecule has 0 spiro atoms. The summed E-state index contributed by atoms with van der Waals surface area (Å²) in [5.74, 6) is -1.43. The zero-order chi connectivity index (χ0) is 52.2. The Kier molecular flexibility index (Phi) is 33.7. The van der Waals surface area contributed by atoms with E-state index in [1.165, 1.54) is 44.6 Å². The number of nitrogen functional groups attached to an aromatic ring is 1. The van der Waals surface area contributed by atoms with Gasteiger partial charge < -0.3 is 45.1 Å². The minimum absolute atomic E-state index is 0.0649. The van der Waals surface area contributed by atoms with Crippen molar-refractivity contribution in [1.29, 1.82) is 0 Å². The topological polar surface area (TPSA) is 286 Å². The van der Waals surface area contributed by atoms with Gasteiger partial charge >= 0.3 is 33.3 Å². The average molecular weight is 1040 g/mol. The number of ether oxygens (including phenoxy) is 3. The van der Waals surface area contributed by atoms with E-state index in [4.69, 9.17) is 29.0 Å². The molecule has 0 aromatic carbocycles. The first-order chi connectivity index (χ1) is 34.1. The lowest BCUT2D eigenvalue weighted by Crippen LogP contribution is -2.36. The Balaban J connectivity index is 1.86. The summed E-state index contributed by atoms with van der Waals surface area (Å²) in [6.07, 6.45) is 34.5. The number of carbonyl (C=O) groups excluding carboxylic acids is 2. The molecule has 1 saturated heterocycles. The predicted octanol–water partition coefficient (Wildman–Crippen LogP) is 9.08. The molecule has 1 aliphatic heterocycles. The highest BCUT2D eigenvalue weighted by Gasteiger charge is 2.46. The van der Waals surface area contributed by atoms with Crippen LogP contribution in [0.2, 0.25) is 0 Å². The van der Waals surface area contributed by atoms with E-state index in [9.17, 15) is 48.6 Å². The third-order valence-electron chi connectivity index (χ3n) is 10.9. The number of unbranched alkanes of at least 4 members (excludes halogenated alkanes) is 12. The van der Waals surface area contributed by atoms with Gasteiger partial charge in [0, 0.05) is 19.0 Å². The lowest BCUT2D eigenvalue weighted by Gasteiger charge is -2.21. The molecule has 19 nitrogen and oxygen atoms in total. The number of esters is 2. The normalized spacial score (nSPS) is 20.2. The zero-order valence-corrected chi connectivity index (χ0v) is 43.4. The number of hydrogen-bond acceptors (Lipinski definition) is 16. The number of rotatable bonds is 40. The van der Waals surface area contributed by atoms with Crippen molar-refractivity contribution in [3.63, 3.8) is 0 Å². The summed E-state index contributed by atoms with van der Waals surface area (Å²) in [5, 5.41) is 31.0. The number of allylic oxidation sites excluding steroid dienone is 10. The second-order valence-electron chi connectivity index (χ2n) is 17.1. The van der Waals surface area contributed by atoms with Crippen molar-refractivity contribution in [3.8, 4) is 0 Å². The fraction of sp³-hybridized carbons (Fsp3) is 0.640. The lowest BCUT2D eigenvalue weighted by molar-refractivity contribution is -0.161. The predicted molar refractivity (Wildman–Crippen MR) is 271 cm³/mol. The molecular formula is C50H81N3O16P2. The van der Waals surface area contributed by atoms with Gasteiger partial charge in [0.15, 0.2) is 12.3 Å². The fourth-order valence-electron chi connectivity index (χ4n) is 6.96. The van der Waals surface area contributed by atoms with E-state index < -0.39 is 89.8 Å². The number of carbonyl (C=O) groups is 2. The molecule has 2 rings (SSSR count). The van der Waals surface area contributed by atoms with Gasteiger partial charge in [-0.25, -0.2) is 13.9 Å². The van der Waals surface area contributed by atoms with Gasteiger partial charge in [0.25, 0.3) is 0 Å². The minimum atomic E-state index is -5.45. The van der Waals surface area contributed by atoms with Crippen molar-refractivity contribution < 1.29 is 71.4 Å². The number of aliphatic hydroxyl groups excluding tert-OH is 3. The molecule has 1 aromatic heterocycles. The maximum absolute atomic E-state index is 12.8. The summed E-state index contributed by atoms with van der Waals surface area (Å²) in [4.78, 5) is 61.8. The standard InChI is InChI=1S/C50H81N3O16P2/c1-3-5-7-9-11-12-13-14-15-16-17-18-22-26-30-34-45(55)64-38-42(67-46(56)35-31-27-23-20-19-21-25-29-33-41(54)32-28-24-10-8-6-4-2)39-65-70(60,61)69-71(62,63)66-40-43-47(57)48(58)49(68-43)53-37-36-44(51)52-50(53)59/h6,8,14-15,20-21,23-25,28-29,33,36-37,41-43,47-49,54,57-58H,3-5,7,9-13,16-19,22,26-27,30-32,34-35,38-40H2,1-2H3,(H,60,61)(H,62,63)(H2,51,52,59)/b8-6-,15-14-,23-20-,25-21-,28-24-,33-29+/t41?,42-,43-,47-,48-,49-/m1/s1. The molecule has 0 saturated carbocycles. The van der Waals surface area contributed by atoms with Crippen LogP contribution in [0, 0.1) is 0 Å². The number of nitrogens with two attached hydrogens (primary N) is 1. The van der Waals surface area contributed by atoms with Gasteiger partial charge in [-0.05, 0) is 76.7 Å². The first kappa shape index (κ1) is 63.3. The summed E-state index contributed by atoms with van der Waals surface area (Å²) in [7, 11) is -10.9. The number of anilines is 1. The molecule has 7 N–H and O–H groups in total. The summed E-state index contributed by atoms with van der Waals surface area (Å²) >= 11 is 0. The number of hydrogen-bond donors (Lipinski definition) is 6. The molecule has 3 unspecified atom stereocenters. The van der Waals surface area contributed by atoms with Crippen LogP contribution in [-0.4, -0.2) is 96.9 Å². The van der Waals surface area contributed by atoms with E-state index in [0.29, 0.717) is 32.1 Å². The van der Waals surface area contributed by atoms with Crippen LogP contribution in [0.5, 0.6) is 0 Å². The molecule has 1 aromatic rings. The van der Waals surface area contributed by atoms with Crippen LogP contribution >= 0.6 is 15.6 Å². The van der Waals surface area contributed by atoms with Gasteiger partial charge in [-0.15, -0.1) is 0 Å². The van der Waals surface area contributed by atoms with Crippen molar-refractivity contribution >= 4 is 33.4 Å². The molecule has 0 aliphatic carbocycles. The van der Waals surface area contributed by atoms with Crippen molar-refractivity contribution in [2.24, 2.45) is 0 Å². The monoisotopic (exact) mass is 1040 g/mol. The Morgan fingerprint density at radius 2 is 1.37 bits per heavy atom. The van der Waals surface area contributed by atoms with Crippen LogP contribution in [0.3, 0.4) is 0 Å². The van der Waals surface area contributed by atoms with Gasteiger partial charge in [-0.3, -0.25) is 23.2 Å². The number of phosphoric ester groups is 2. The summed E-state index contributed by atoms with van der Waals surface area (Å²) < 4.78 is 56.6. The third-order valence-corrected chi connectivity index (χ3v) is 13.5. The Labute approximate surface area is 419 Å².